The van der Waals surface area contributed by atoms with Crippen molar-refractivity contribution in [3.8, 4) is 0 Å². The summed E-state index contributed by atoms with van der Waals surface area (Å²) in [7, 11) is 0. The molecule has 0 radical (unpaired) electrons. The van der Waals surface area contributed by atoms with Crippen molar-refractivity contribution in [3.05, 3.63) is 33.2 Å². The van der Waals surface area contributed by atoms with Gasteiger partial charge in [0.2, 0.25) is 0 Å². The summed E-state index contributed by atoms with van der Waals surface area (Å²) >= 11 is 1.39. The van der Waals surface area contributed by atoms with Crippen molar-refractivity contribution in [1.29, 1.82) is 0 Å². The van der Waals surface area contributed by atoms with Gasteiger partial charge in [-0.05, 0) is 31.9 Å². The highest BCUT2D eigenvalue weighted by Crippen LogP contribution is 2.23. The molecule has 0 fully saturated rings. The second-order valence-electron chi connectivity index (χ2n) is 4.89. The fraction of sp³-hybridized carbons (Fsp3) is 0.400. The predicted molar refractivity (Wildman–Crippen MR) is 83.2 cm³/mol. The van der Waals surface area contributed by atoms with E-state index in [1.165, 1.54) is 11.3 Å². The lowest BCUT2D eigenvalue weighted by atomic mass is 10.1. The van der Waals surface area contributed by atoms with E-state index >= 15 is 0 Å². The van der Waals surface area contributed by atoms with Crippen molar-refractivity contribution >= 4 is 29.0 Å². The van der Waals surface area contributed by atoms with E-state index in [1.54, 1.807) is 13.0 Å². The highest BCUT2D eigenvalue weighted by atomic mass is 32.1. The smallest absolute Gasteiger partial charge is 0.348 e. The number of hydrogen-bond donors (Lipinski definition) is 1. The number of rotatable bonds is 6. The van der Waals surface area contributed by atoms with Gasteiger partial charge in [-0.2, -0.15) is 0 Å². The third-order valence-corrected chi connectivity index (χ3v) is 4.04. The number of ether oxygens (including phenoxy) is 1. The molecule has 118 valence electrons. The average Bonchev–Trinajstić information content (AvgIpc) is 3.03. The van der Waals surface area contributed by atoms with Gasteiger partial charge in [-0.15, -0.1) is 11.3 Å². The van der Waals surface area contributed by atoms with Crippen LogP contribution in [0.4, 0.5) is 5.82 Å². The fourth-order valence-electron chi connectivity index (χ4n) is 1.94. The zero-order valence-electron chi connectivity index (χ0n) is 12.8. The van der Waals surface area contributed by atoms with Crippen LogP contribution in [0.5, 0.6) is 0 Å². The van der Waals surface area contributed by atoms with Crippen LogP contribution in [0, 0.1) is 13.8 Å². The number of carbonyl (C=O) groups is 2. The summed E-state index contributed by atoms with van der Waals surface area (Å²) in [6, 6.07) is 3.42. The van der Waals surface area contributed by atoms with Crippen LogP contribution in [0.25, 0.3) is 0 Å². The van der Waals surface area contributed by atoms with Gasteiger partial charge in [0, 0.05) is 10.9 Å². The Kier molecular flexibility index (Phi) is 5.32. The molecule has 6 nitrogen and oxygen atoms in total. The van der Waals surface area contributed by atoms with Crippen LogP contribution >= 0.6 is 11.3 Å². The summed E-state index contributed by atoms with van der Waals surface area (Å²) in [5.74, 6) is -0.0498. The number of amides is 1. The maximum atomic E-state index is 11.9. The number of nitrogens with zero attached hydrogens (tertiary/aromatic N) is 1. The fourth-order valence-corrected chi connectivity index (χ4v) is 2.91. The van der Waals surface area contributed by atoms with E-state index in [-0.39, 0.29) is 6.61 Å². The van der Waals surface area contributed by atoms with Gasteiger partial charge in [-0.1, -0.05) is 18.5 Å². The number of hydrogen-bond acceptors (Lipinski definition) is 6. The molecular formula is C15H18N2O4S. The van der Waals surface area contributed by atoms with Crippen molar-refractivity contribution in [2.45, 2.75) is 33.6 Å². The lowest BCUT2D eigenvalue weighted by Gasteiger charge is -2.02. The molecule has 2 heterocycles. The summed E-state index contributed by atoms with van der Waals surface area (Å²) in [5, 5.41) is 6.12. The molecule has 0 saturated heterocycles. The number of thiophene rings is 1. The molecular weight excluding hydrogens is 304 g/mol. The van der Waals surface area contributed by atoms with Crippen molar-refractivity contribution in [2.24, 2.45) is 0 Å². The maximum absolute atomic E-state index is 11.9. The van der Waals surface area contributed by atoms with Crippen molar-refractivity contribution in [1.82, 2.24) is 5.16 Å². The van der Waals surface area contributed by atoms with Crippen LogP contribution in [-0.4, -0.2) is 23.6 Å². The zero-order chi connectivity index (χ0) is 16.1. The molecule has 22 heavy (non-hydrogen) atoms. The standard InChI is InChI=1S/C15H18N2O4S/c1-4-5-11-7-12(22-10(11)3)15(19)20-8-14(18)16-13-6-9(2)21-17-13/h6-7H,4-5,8H2,1-3H3,(H,16,17,18). The predicted octanol–water partition coefficient (Wildman–Crippen LogP) is 3.10. The van der Waals surface area contributed by atoms with Crippen LogP contribution in [-0.2, 0) is 16.0 Å². The Morgan fingerprint density at radius 2 is 2.14 bits per heavy atom. The highest BCUT2D eigenvalue weighted by molar-refractivity contribution is 7.14. The summed E-state index contributed by atoms with van der Waals surface area (Å²) in [5.41, 5.74) is 1.15. The van der Waals surface area contributed by atoms with Crippen LogP contribution in [0.1, 0.15) is 39.2 Å². The number of anilines is 1. The van der Waals surface area contributed by atoms with Gasteiger partial charge in [-0.3, -0.25) is 4.79 Å². The largest absolute Gasteiger partial charge is 0.451 e. The molecule has 0 aliphatic carbocycles. The molecule has 0 aliphatic rings. The Hall–Kier alpha value is -2.15. The quantitative estimate of drug-likeness (QED) is 0.826. The van der Waals surface area contributed by atoms with E-state index < -0.39 is 11.9 Å². The lowest BCUT2D eigenvalue weighted by molar-refractivity contribution is -0.119. The molecule has 0 saturated carbocycles. The SMILES string of the molecule is CCCc1cc(C(=O)OCC(=O)Nc2cc(C)on2)sc1C. The van der Waals surface area contributed by atoms with E-state index in [0.717, 1.165) is 23.3 Å². The molecule has 1 amide bonds. The van der Waals surface area contributed by atoms with Crippen LogP contribution in [0.2, 0.25) is 0 Å². The molecule has 0 spiro atoms. The number of aryl methyl sites for hydroxylation is 3. The first-order chi connectivity index (χ1) is 10.5. The van der Waals surface area contributed by atoms with E-state index in [9.17, 15) is 9.59 Å². The maximum Gasteiger partial charge on any atom is 0.348 e. The Balaban J connectivity index is 1.86. The first-order valence-electron chi connectivity index (χ1n) is 6.99. The summed E-state index contributed by atoms with van der Waals surface area (Å²) in [6.45, 7) is 5.43. The molecule has 2 aromatic heterocycles. The molecule has 7 heteroatoms. The second kappa shape index (κ2) is 7.22. The third-order valence-electron chi connectivity index (χ3n) is 2.97. The molecule has 0 unspecified atom stereocenters. The Labute approximate surface area is 132 Å². The first kappa shape index (κ1) is 16.2. The molecule has 0 aromatic carbocycles. The van der Waals surface area contributed by atoms with Crippen molar-refractivity contribution in [3.63, 3.8) is 0 Å². The molecule has 2 rings (SSSR count). The van der Waals surface area contributed by atoms with Gasteiger partial charge >= 0.3 is 5.97 Å². The molecule has 0 atom stereocenters. The molecule has 0 aliphatic heterocycles. The van der Waals surface area contributed by atoms with Crippen LogP contribution < -0.4 is 5.32 Å². The van der Waals surface area contributed by atoms with Crippen LogP contribution in [0.3, 0.4) is 0 Å². The minimum atomic E-state index is -0.484. The Bertz CT molecular complexity index is 675. The monoisotopic (exact) mass is 322 g/mol. The van der Waals surface area contributed by atoms with Gasteiger partial charge in [-0.25, -0.2) is 4.79 Å². The summed E-state index contributed by atoms with van der Waals surface area (Å²) in [6.07, 6.45) is 1.95. The van der Waals surface area contributed by atoms with Gasteiger partial charge in [0.15, 0.2) is 12.4 Å². The van der Waals surface area contributed by atoms with Crippen molar-refractivity contribution in [2.75, 3.05) is 11.9 Å². The van der Waals surface area contributed by atoms with Gasteiger partial charge in [0.05, 0.1) is 0 Å². The zero-order valence-corrected chi connectivity index (χ0v) is 13.6. The summed E-state index contributed by atoms with van der Waals surface area (Å²) in [4.78, 5) is 25.2. The first-order valence-corrected chi connectivity index (χ1v) is 7.81. The minimum absolute atomic E-state index is 0.302. The number of esters is 1. The number of aromatic nitrogens is 1. The molecule has 1 N–H and O–H groups in total. The average molecular weight is 322 g/mol. The van der Waals surface area contributed by atoms with Crippen molar-refractivity contribution < 1.29 is 18.8 Å². The summed E-state index contributed by atoms with van der Waals surface area (Å²) < 4.78 is 9.84. The Morgan fingerprint density at radius 1 is 1.36 bits per heavy atom. The third kappa shape index (κ3) is 4.17. The van der Waals surface area contributed by atoms with Crippen LogP contribution in [0.15, 0.2) is 16.7 Å². The number of nitrogens with one attached hydrogen (secondary N) is 1. The Morgan fingerprint density at radius 3 is 2.77 bits per heavy atom. The van der Waals surface area contributed by atoms with E-state index in [1.807, 2.05) is 13.0 Å². The molecule has 2 aromatic rings. The lowest BCUT2D eigenvalue weighted by Crippen LogP contribution is -2.20. The topological polar surface area (TPSA) is 81.4 Å². The van der Waals surface area contributed by atoms with Gasteiger partial charge in [0.25, 0.3) is 5.91 Å². The van der Waals surface area contributed by atoms with E-state index in [4.69, 9.17) is 9.26 Å². The minimum Gasteiger partial charge on any atom is -0.451 e. The van der Waals surface area contributed by atoms with E-state index in [2.05, 4.69) is 17.4 Å². The number of carbonyl (C=O) groups excluding carboxylic acids is 2. The normalized spacial score (nSPS) is 10.5. The second-order valence-corrected chi connectivity index (χ2v) is 6.15. The van der Waals surface area contributed by atoms with E-state index in [0.29, 0.717) is 16.5 Å². The highest BCUT2D eigenvalue weighted by Gasteiger charge is 2.15. The molecule has 0 bridgehead atoms. The van der Waals surface area contributed by atoms with Gasteiger partial charge in [0.1, 0.15) is 10.6 Å². The van der Waals surface area contributed by atoms with Gasteiger partial charge < -0.3 is 14.6 Å².